The summed E-state index contributed by atoms with van der Waals surface area (Å²) in [6.07, 6.45) is 4.07. The van der Waals surface area contributed by atoms with E-state index < -0.39 is 0 Å². The van der Waals surface area contributed by atoms with Crippen LogP contribution < -0.4 is 0 Å². The molecule has 1 unspecified atom stereocenters. The zero-order valence-electron chi connectivity index (χ0n) is 14.8. The maximum Gasteiger partial charge on any atom is 0.313 e. The first-order valence-corrected chi connectivity index (χ1v) is 8.81. The number of hydrogen-bond acceptors (Lipinski definition) is 3. The molecule has 130 valence electrons. The molecule has 0 spiro atoms. The van der Waals surface area contributed by atoms with Crippen molar-refractivity contribution in [1.29, 1.82) is 0 Å². The zero-order chi connectivity index (χ0) is 18.1. The van der Waals surface area contributed by atoms with Crippen LogP contribution in [0, 0.1) is 0 Å². The second kappa shape index (κ2) is 6.64. The van der Waals surface area contributed by atoms with E-state index in [4.69, 9.17) is 9.72 Å². The van der Waals surface area contributed by atoms with Crippen LogP contribution in [0.5, 0.6) is 0 Å². The fraction of sp³-hybridized carbons (Fsp3) is 0.182. The molecule has 0 aliphatic carbocycles. The first kappa shape index (κ1) is 16.3. The summed E-state index contributed by atoms with van der Waals surface area (Å²) < 4.78 is 7.15. The van der Waals surface area contributed by atoms with Crippen LogP contribution in [-0.2, 0) is 9.53 Å². The summed E-state index contributed by atoms with van der Waals surface area (Å²) in [5, 5.41) is 2.31. The standard InChI is InChI=1S/C22H20N2O2/c1-3-26-22(25)15(2)16-8-10-18(11-9-16)20-14-24-13-12-17-6-4-5-7-19(17)21(24)23-20/h4-15H,3H2,1-2H3. The Hall–Kier alpha value is -3.14. The van der Waals surface area contributed by atoms with Crippen molar-refractivity contribution in [3.05, 3.63) is 72.6 Å². The van der Waals surface area contributed by atoms with Gasteiger partial charge in [-0.1, -0.05) is 48.5 Å². The highest BCUT2D eigenvalue weighted by Gasteiger charge is 2.16. The number of carbonyl (C=O) groups is 1. The van der Waals surface area contributed by atoms with Gasteiger partial charge in [-0.05, 0) is 30.9 Å². The normalized spacial score (nSPS) is 12.4. The number of rotatable bonds is 4. The van der Waals surface area contributed by atoms with E-state index in [0.717, 1.165) is 27.9 Å². The van der Waals surface area contributed by atoms with Gasteiger partial charge in [0.25, 0.3) is 0 Å². The Labute approximate surface area is 152 Å². The molecular formula is C22H20N2O2. The van der Waals surface area contributed by atoms with Crippen molar-refractivity contribution in [3.8, 4) is 11.3 Å². The smallest absolute Gasteiger partial charge is 0.313 e. The van der Waals surface area contributed by atoms with Gasteiger partial charge in [-0.25, -0.2) is 4.98 Å². The van der Waals surface area contributed by atoms with Crippen molar-refractivity contribution in [2.24, 2.45) is 0 Å². The molecule has 2 heterocycles. The third-order valence-corrected chi connectivity index (χ3v) is 4.70. The summed E-state index contributed by atoms with van der Waals surface area (Å²) in [6.45, 7) is 4.08. The SMILES string of the molecule is CCOC(=O)C(C)c1ccc(-c2cn3ccc4ccccc4c3n2)cc1. The maximum absolute atomic E-state index is 11.9. The van der Waals surface area contributed by atoms with Crippen molar-refractivity contribution in [1.82, 2.24) is 9.38 Å². The number of imidazole rings is 1. The van der Waals surface area contributed by atoms with E-state index in [2.05, 4.69) is 18.2 Å². The monoisotopic (exact) mass is 344 g/mol. The second-order valence-corrected chi connectivity index (χ2v) is 6.36. The molecule has 0 bridgehead atoms. The van der Waals surface area contributed by atoms with E-state index >= 15 is 0 Å². The molecule has 0 aliphatic heterocycles. The first-order valence-electron chi connectivity index (χ1n) is 8.81. The van der Waals surface area contributed by atoms with Crippen molar-refractivity contribution < 1.29 is 9.53 Å². The van der Waals surface area contributed by atoms with Gasteiger partial charge in [-0.15, -0.1) is 0 Å². The Morgan fingerprint density at radius 2 is 1.88 bits per heavy atom. The highest BCUT2D eigenvalue weighted by Crippen LogP contribution is 2.26. The van der Waals surface area contributed by atoms with Crippen molar-refractivity contribution >= 4 is 22.4 Å². The largest absolute Gasteiger partial charge is 0.466 e. The lowest BCUT2D eigenvalue weighted by Crippen LogP contribution is -2.12. The summed E-state index contributed by atoms with van der Waals surface area (Å²) in [7, 11) is 0. The van der Waals surface area contributed by atoms with E-state index in [1.165, 1.54) is 5.39 Å². The van der Waals surface area contributed by atoms with Crippen LogP contribution in [-0.4, -0.2) is 22.0 Å². The molecule has 2 aromatic carbocycles. The number of hydrogen-bond donors (Lipinski definition) is 0. The number of fused-ring (bicyclic) bond motifs is 3. The van der Waals surface area contributed by atoms with E-state index in [1.54, 1.807) is 0 Å². The number of pyridine rings is 1. The minimum Gasteiger partial charge on any atom is -0.466 e. The molecule has 0 aliphatic rings. The molecular weight excluding hydrogens is 324 g/mol. The third kappa shape index (κ3) is 2.84. The zero-order valence-corrected chi connectivity index (χ0v) is 14.8. The molecule has 0 fully saturated rings. The molecule has 2 aromatic heterocycles. The molecule has 0 amide bonds. The van der Waals surface area contributed by atoms with Crippen LogP contribution in [0.2, 0.25) is 0 Å². The summed E-state index contributed by atoms with van der Waals surface area (Å²) in [6, 6.07) is 18.3. The third-order valence-electron chi connectivity index (χ3n) is 4.70. The molecule has 0 radical (unpaired) electrons. The van der Waals surface area contributed by atoms with E-state index in [0.29, 0.717) is 6.61 Å². The predicted octanol–water partition coefficient (Wildman–Crippen LogP) is 4.82. The molecule has 4 nitrogen and oxygen atoms in total. The van der Waals surface area contributed by atoms with Crippen LogP contribution in [0.25, 0.3) is 27.7 Å². The summed E-state index contributed by atoms with van der Waals surface area (Å²) >= 11 is 0. The van der Waals surface area contributed by atoms with Gasteiger partial charge in [0.05, 0.1) is 18.2 Å². The van der Waals surface area contributed by atoms with Crippen LogP contribution in [0.15, 0.2) is 67.0 Å². The van der Waals surface area contributed by atoms with Crippen molar-refractivity contribution in [3.63, 3.8) is 0 Å². The maximum atomic E-state index is 11.9. The average Bonchev–Trinajstić information content (AvgIpc) is 3.12. The minimum absolute atomic E-state index is 0.195. The Kier molecular flexibility index (Phi) is 4.17. The van der Waals surface area contributed by atoms with Crippen molar-refractivity contribution in [2.75, 3.05) is 6.61 Å². The molecule has 0 saturated carbocycles. The lowest BCUT2D eigenvalue weighted by atomic mass is 9.99. The molecule has 4 aromatic rings. The van der Waals surface area contributed by atoms with Crippen LogP contribution in [0.3, 0.4) is 0 Å². The quantitative estimate of drug-likeness (QED) is 0.499. The lowest BCUT2D eigenvalue weighted by Gasteiger charge is -2.11. The molecule has 0 N–H and O–H groups in total. The van der Waals surface area contributed by atoms with E-state index in [1.807, 2.05) is 67.0 Å². The number of carbonyl (C=O) groups excluding carboxylic acids is 1. The highest BCUT2D eigenvalue weighted by molar-refractivity contribution is 5.94. The highest BCUT2D eigenvalue weighted by atomic mass is 16.5. The van der Waals surface area contributed by atoms with Gasteiger partial charge in [-0.3, -0.25) is 4.79 Å². The van der Waals surface area contributed by atoms with Gasteiger partial charge in [0.1, 0.15) is 5.65 Å². The van der Waals surface area contributed by atoms with Gasteiger partial charge in [0.15, 0.2) is 0 Å². The fourth-order valence-corrected chi connectivity index (χ4v) is 3.20. The summed E-state index contributed by atoms with van der Waals surface area (Å²) in [5.41, 5.74) is 3.83. The van der Waals surface area contributed by atoms with Gasteiger partial charge in [-0.2, -0.15) is 0 Å². The number of ether oxygens (including phenoxy) is 1. The Balaban J connectivity index is 1.69. The molecule has 4 heteroatoms. The molecule has 1 atom stereocenters. The van der Waals surface area contributed by atoms with Gasteiger partial charge >= 0.3 is 5.97 Å². The van der Waals surface area contributed by atoms with Crippen LogP contribution in [0.4, 0.5) is 0 Å². The Morgan fingerprint density at radius 3 is 2.65 bits per heavy atom. The molecule has 0 saturated heterocycles. The molecule has 4 rings (SSSR count). The number of benzene rings is 2. The Bertz CT molecular complexity index is 1080. The van der Waals surface area contributed by atoms with Crippen molar-refractivity contribution in [2.45, 2.75) is 19.8 Å². The number of esters is 1. The first-order chi connectivity index (χ1) is 12.7. The summed E-state index contributed by atoms with van der Waals surface area (Å²) in [5.74, 6) is -0.464. The number of aromatic nitrogens is 2. The number of nitrogens with zero attached hydrogens (tertiary/aromatic N) is 2. The average molecular weight is 344 g/mol. The summed E-state index contributed by atoms with van der Waals surface area (Å²) in [4.78, 5) is 16.7. The van der Waals surface area contributed by atoms with Crippen LogP contribution in [0.1, 0.15) is 25.3 Å². The topological polar surface area (TPSA) is 43.6 Å². The fourth-order valence-electron chi connectivity index (χ4n) is 3.20. The van der Waals surface area contributed by atoms with Crippen LogP contribution >= 0.6 is 0 Å². The minimum atomic E-state index is -0.269. The predicted molar refractivity (Wildman–Crippen MR) is 103 cm³/mol. The Morgan fingerprint density at radius 1 is 1.12 bits per heavy atom. The van der Waals surface area contributed by atoms with Gasteiger partial charge < -0.3 is 9.14 Å². The molecule has 26 heavy (non-hydrogen) atoms. The van der Waals surface area contributed by atoms with Gasteiger partial charge in [0.2, 0.25) is 0 Å². The van der Waals surface area contributed by atoms with Gasteiger partial charge in [0, 0.05) is 23.3 Å². The van der Waals surface area contributed by atoms with E-state index in [-0.39, 0.29) is 11.9 Å². The lowest BCUT2D eigenvalue weighted by molar-refractivity contribution is -0.144. The second-order valence-electron chi connectivity index (χ2n) is 6.36. The van der Waals surface area contributed by atoms with E-state index in [9.17, 15) is 4.79 Å².